The molecule has 0 atom stereocenters. The van der Waals surface area contributed by atoms with E-state index in [0.717, 1.165) is 18.9 Å². The topological polar surface area (TPSA) is 35.2 Å². The molecule has 0 bridgehead atoms. The number of halogens is 3. The molecule has 0 heterocycles. The van der Waals surface area contributed by atoms with Gasteiger partial charge in [-0.05, 0) is 36.5 Å². The first-order chi connectivity index (χ1) is 8.00. The first-order valence-electron chi connectivity index (χ1n) is 5.53. The Morgan fingerprint density at radius 2 is 2.00 bits per heavy atom. The molecule has 0 saturated heterocycles. The molecule has 0 spiro atoms. The van der Waals surface area contributed by atoms with Crippen LogP contribution in [0.15, 0.2) is 18.2 Å². The Kier molecular flexibility index (Phi) is 3.28. The lowest BCUT2D eigenvalue weighted by Gasteiger charge is -2.14. The number of benzene rings is 1. The standard InChI is InChI=1S/C12H14F3NO/c13-12(14,15)11-5-10(4-3-9(11)6-16)17-7-8-1-2-8/h3-5,8H,1-2,6-7,16H2. The second-order valence-corrected chi connectivity index (χ2v) is 4.28. The van der Waals surface area contributed by atoms with Crippen LogP contribution >= 0.6 is 0 Å². The van der Waals surface area contributed by atoms with Crippen molar-refractivity contribution in [3.63, 3.8) is 0 Å². The fourth-order valence-electron chi connectivity index (χ4n) is 1.59. The number of hydrogen-bond acceptors (Lipinski definition) is 2. The zero-order chi connectivity index (χ0) is 12.5. The van der Waals surface area contributed by atoms with Crippen LogP contribution in [0.4, 0.5) is 13.2 Å². The molecule has 1 aromatic rings. The number of nitrogens with two attached hydrogens (primary N) is 1. The highest BCUT2D eigenvalue weighted by molar-refractivity contribution is 5.37. The predicted octanol–water partition coefficient (Wildman–Crippen LogP) is 2.95. The van der Waals surface area contributed by atoms with Crippen molar-refractivity contribution in [3.8, 4) is 5.75 Å². The van der Waals surface area contributed by atoms with Gasteiger partial charge in [0.05, 0.1) is 12.2 Å². The van der Waals surface area contributed by atoms with Gasteiger partial charge in [0.2, 0.25) is 0 Å². The molecule has 1 aromatic carbocycles. The van der Waals surface area contributed by atoms with E-state index in [2.05, 4.69) is 0 Å². The molecule has 0 aliphatic heterocycles. The van der Waals surface area contributed by atoms with Crippen molar-refractivity contribution in [3.05, 3.63) is 29.3 Å². The van der Waals surface area contributed by atoms with Gasteiger partial charge in [-0.1, -0.05) is 6.07 Å². The van der Waals surface area contributed by atoms with Gasteiger partial charge in [-0.25, -0.2) is 0 Å². The van der Waals surface area contributed by atoms with E-state index in [-0.39, 0.29) is 17.9 Å². The highest BCUT2D eigenvalue weighted by Gasteiger charge is 2.33. The molecule has 0 amide bonds. The normalized spacial score (nSPS) is 16.0. The Morgan fingerprint density at radius 1 is 1.29 bits per heavy atom. The van der Waals surface area contributed by atoms with Crippen LogP contribution in [0.3, 0.4) is 0 Å². The Bertz CT molecular complexity index is 399. The molecule has 2 rings (SSSR count). The van der Waals surface area contributed by atoms with Gasteiger partial charge in [-0.15, -0.1) is 0 Å². The third-order valence-corrected chi connectivity index (χ3v) is 2.79. The van der Waals surface area contributed by atoms with Crippen LogP contribution in [0.25, 0.3) is 0 Å². The quantitative estimate of drug-likeness (QED) is 0.885. The van der Waals surface area contributed by atoms with Crippen LogP contribution in [0.2, 0.25) is 0 Å². The minimum absolute atomic E-state index is 0.0938. The lowest BCUT2D eigenvalue weighted by Crippen LogP contribution is -2.12. The van der Waals surface area contributed by atoms with Gasteiger partial charge in [-0.3, -0.25) is 0 Å². The van der Waals surface area contributed by atoms with Crippen molar-refractivity contribution < 1.29 is 17.9 Å². The largest absolute Gasteiger partial charge is 0.493 e. The van der Waals surface area contributed by atoms with Gasteiger partial charge in [0.15, 0.2) is 0 Å². The van der Waals surface area contributed by atoms with E-state index < -0.39 is 11.7 Å². The molecule has 94 valence electrons. The molecule has 0 unspecified atom stereocenters. The fourth-order valence-corrected chi connectivity index (χ4v) is 1.59. The van der Waals surface area contributed by atoms with E-state index in [0.29, 0.717) is 12.5 Å². The second-order valence-electron chi connectivity index (χ2n) is 4.28. The van der Waals surface area contributed by atoms with Crippen LogP contribution in [-0.2, 0) is 12.7 Å². The summed E-state index contributed by atoms with van der Waals surface area (Å²) in [6.45, 7) is 0.372. The Labute approximate surface area is 97.6 Å². The monoisotopic (exact) mass is 245 g/mol. The van der Waals surface area contributed by atoms with Crippen LogP contribution in [0, 0.1) is 5.92 Å². The van der Waals surface area contributed by atoms with E-state index in [1.807, 2.05) is 0 Å². The summed E-state index contributed by atoms with van der Waals surface area (Å²) in [5.74, 6) is 0.778. The van der Waals surface area contributed by atoms with Crippen molar-refractivity contribution in [2.45, 2.75) is 25.6 Å². The maximum absolute atomic E-state index is 12.7. The van der Waals surface area contributed by atoms with Gasteiger partial charge < -0.3 is 10.5 Å². The number of alkyl halides is 3. The average molecular weight is 245 g/mol. The molecular formula is C12H14F3NO. The maximum Gasteiger partial charge on any atom is 0.416 e. The lowest BCUT2D eigenvalue weighted by atomic mass is 10.1. The molecule has 17 heavy (non-hydrogen) atoms. The number of hydrogen-bond donors (Lipinski definition) is 1. The minimum atomic E-state index is -4.38. The zero-order valence-corrected chi connectivity index (χ0v) is 9.26. The average Bonchev–Trinajstić information content (AvgIpc) is 3.08. The molecule has 1 fully saturated rings. The maximum atomic E-state index is 12.7. The summed E-state index contributed by atoms with van der Waals surface area (Å²) in [5, 5.41) is 0. The summed E-state index contributed by atoms with van der Waals surface area (Å²) >= 11 is 0. The predicted molar refractivity (Wildman–Crippen MR) is 57.6 cm³/mol. The molecule has 1 aliphatic carbocycles. The molecule has 2 nitrogen and oxygen atoms in total. The van der Waals surface area contributed by atoms with Crippen molar-refractivity contribution >= 4 is 0 Å². The van der Waals surface area contributed by atoms with E-state index in [1.165, 1.54) is 6.07 Å². The van der Waals surface area contributed by atoms with Crippen molar-refractivity contribution in [2.75, 3.05) is 6.61 Å². The summed E-state index contributed by atoms with van der Waals surface area (Å²) in [6.07, 6.45) is -2.17. The summed E-state index contributed by atoms with van der Waals surface area (Å²) in [4.78, 5) is 0. The molecule has 1 saturated carbocycles. The second kappa shape index (κ2) is 4.56. The highest BCUT2D eigenvalue weighted by atomic mass is 19.4. The molecule has 0 radical (unpaired) electrons. The van der Waals surface area contributed by atoms with Crippen molar-refractivity contribution in [1.82, 2.24) is 0 Å². The van der Waals surface area contributed by atoms with Gasteiger partial charge >= 0.3 is 6.18 Å². The van der Waals surface area contributed by atoms with Crippen LogP contribution in [-0.4, -0.2) is 6.61 Å². The smallest absolute Gasteiger partial charge is 0.416 e. The molecular weight excluding hydrogens is 231 g/mol. The highest BCUT2D eigenvalue weighted by Crippen LogP contribution is 2.35. The SMILES string of the molecule is NCc1ccc(OCC2CC2)cc1C(F)(F)F. The Morgan fingerprint density at radius 3 is 2.53 bits per heavy atom. The fraction of sp³-hybridized carbons (Fsp3) is 0.500. The van der Waals surface area contributed by atoms with Crippen molar-refractivity contribution in [2.24, 2.45) is 11.7 Å². The molecule has 1 aliphatic rings. The van der Waals surface area contributed by atoms with Gasteiger partial charge in [0.1, 0.15) is 5.75 Å². The molecule has 0 aromatic heterocycles. The molecule has 5 heteroatoms. The third-order valence-electron chi connectivity index (χ3n) is 2.79. The first kappa shape index (κ1) is 12.2. The van der Waals surface area contributed by atoms with Crippen LogP contribution in [0.5, 0.6) is 5.75 Å². The van der Waals surface area contributed by atoms with E-state index in [1.54, 1.807) is 6.07 Å². The summed E-state index contributed by atoms with van der Waals surface area (Å²) < 4.78 is 43.5. The van der Waals surface area contributed by atoms with Gasteiger partial charge in [-0.2, -0.15) is 13.2 Å². The van der Waals surface area contributed by atoms with Crippen LogP contribution in [0.1, 0.15) is 24.0 Å². The van der Waals surface area contributed by atoms with E-state index >= 15 is 0 Å². The van der Waals surface area contributed by atoms with Crippen molar-refractivity contribution in [1.29, 1.82) is 0 Å². The van der Waals surface area contributed by atoms with E-state index in [9.17, 15) is 13.2 Å². The summed E-state index contributed by atoms with van der Waals surface area (Å²) in [6, 6.07) is 3.95. The van der Waals surface area contributed by atoms with E-state index in [4.69, 9.17) is 10.5 Å². The summed E-state index contributed by atoms with van der Waals surface area (Å²) in [7, 11) is 0. The van der Waals surface area contributed by atoms with Gasteiger partial charge in [0, 0.05) is 6.54 Å². The Hall–Kier alpha value is -1.23. The molecule has 2 N–H and O–H groups in total. The van der Waals surface area contributed by atoms with Gasteiger partial charge in [0.25, 0.3) is 0 Å². The van der Waals surface area contributed by atoms with Crippen LogP contribution < -0.4 is 10.5 Å². The first-order valence-corrected chi connectivity index (χ1v) is 5.53. The number of ether oxygens (including phenoxy) is 1. The zero-order valence-electron chi connectivity index (χ0n) is 9.26. The third kappa shape index (κ3) is 3.12. The lowest BCUT2D eigenvalue weighted by molar-refractivity contribution is -0.138. The minimum Gasteiger partial charge on any atom is -0.493 e. The Balaban J connectivity index is 2.17. The number of rotatable bonds is 4. The summed E-state index contributed by atoms with van der Waals surface area (Å²) in [5.41, 5.74) is 4.68.